The number of rotatable bonds is 5. The average Bonchev–Trinajstić information content (AvgIpc) is 2.37. The van der Waals surface area contributed by atoms with Crippen LogP contribution in [-0.4, -0.2) is 44.9 Å². The lowest BCUT2D eigenvalue weighted by atomic mass is 10.0. The Bertz CT molecular complexity index is 517. The largest absolute Gasteiger partial charge is 0.484 e. The molecular formula is C15H23N3O3. The maximum absolute atomic E-state index is 12.0. The van der Waals surface area contributed by atoms with Crippen LogP contribution in [0.15, 0.2) is 18.2 Å². The van der Waals surface area contributed by atoms with Crippen molar-refractivity contribution in [3.05, 3.63) is 18.2 Å². The summed E-state index contributed by atoms with van der Waals surface area (Å²) in [7, 11) is 1.61. The molecule has 1 aromatic rings. The maximum atomic E-state index is 12.0. The van der Waals surface area contributed by atoms with Crippen molar-refractivity contribution in [1.82, 2.24) is 5.32 Å². The molecule has 6 heteroatoms. The number of nitrogen functional groups attached to an aromatic ring is 1. The Balaban J connectivity index is 2.11. The highest BCUT2D eigenvalue weighted by Gasteiger charge is 2.32. The summed E-state index contributed by atoms with van der Waals surface area (Å²) in [5.41, 5.74) is 6.98. The summed E-state index contributed by atoms with van der Waals surface area (Å²) in [5, 5.41) is 2.83. The van der Waals surface area contributed by atoms with E-state index in [1.165, 1.54) is 0 Å². The van der Waals surface area contributed by atoms with Gasteiger partial charge in [0.25, 0.3) is 0 Å². The van der Waals surface area contributed by atoms with Crippen molar-refractivity contribution in [2.24, 2.45) is 0 Å². The Hall–Kier alpha value is -1.95. The van der Waals surface area contributed by atoms with Crippen molar-refractivity contribution in [3.63, 3.8) is 0 Å². The van der Waals surface area contributed by atoms with Crippen LogP contribution < -0.4 is 20.7 Å². The van der Waals surface area contributed by atoms with Gasteiger partial charge in [-0.1, -0.05) is 0 Å². The van der Waals surface area contributed by atoms with Gasteiger partial charge < -0.3 is 25.4 Å². The van der Waals surface area contributed by atoms with Crippen LogP contribution in [0.25, 0.3) is 0 Å². The molecule has 0 saturated carbocycles. The van der Waals surface area contributed by atoms with Crippen LogP contribution in [-0.2, 0) is 9.53 Å². The summed E-state index contributed by atoms with van der Waals surface area (Å²) >= 11 is 0. The fraction of sp³-hybridized carbons (Fsp3) is 0.533. The molecule has 0 saturated heterocycles. The fourth-order valence-corrected chi connectivity index (χ4v) is 2.41. The molecule has 0 fully saturated rings. The maximum Gasteiger partial charge on any atom is 0.239 e. The molecule has 2 rings (SSSR count). The minimum atomic E-state index is -0.367. The minimum Gasteiger partial charge on any atom is -0.484 e. The van der Waals surface area contributed by atoms with Gasteiger partial charge >= 0.3 is 0 Å². The molecule has 0 unspecified atom stereocenters. The van der Waals surface area contributed by atoms with Gasteiger partial charge in [-0.15, -0.1) is 0 Å². The molecule has 0 aliphatic carbocycles. The Morgan fingerprint density at radius 3 is 3.00 bits per heavy atom. The smallest absolute Gasteiger partial charge is 0.239 e. The Kier molecular flexibility index (Phi) is 4.57. The van der Waals surface area contributed by atoms with Gasteiger partial charge in [-0.2, -0.15) is 0 Å². The zero-order valence-electron chi connectivity index (χ0n) is 12.8. The van der Waals surface area contributed by atoms with Gasteiger partial charge in [0.1, 0.15) is 11.4 Å². The number of methoxy groups -OCH3 is 1. The molecule has 0 bridgehead atoms. The summed E-state index contributed by atoms with van der Waals surface area (Å²) in [4.78, 5) is 14.0. The quantitative estimate of drug-likeness (QED) is 0.626. The number of nitrogens with zero attached hydrogens (tertiary/aromatic N) is 1. The number of nitrogens with one attached hydrogen (secondary N) is 1. The SMILES string of the molecule is COCCNC(=O)CN1CC(C)(C)Oc2cc(N)ccc21. The minimum absolute atomic E-state index is 0.0347. The van der Waals surface area contributed by atoms with Crippen molar-refractivity contribution in [3.8, 4) is 5.75 Å². The van der Waals surface area contributed by atoms with Crippen LogP contribution in [0.3, 0.4) is 0 Å². The predicted octanol–water partition coefficient (Wildman–Crippen LogP) is 1.01. The average molecular weight is 293 g/mol. The highest BCUT2D eigenvalue weighted by molar-refractivity contribution is 5.82. The summed E-state index contributed by atoms with van der Waals surface area (Å²) in [6.07, 6.45) is 0. The number of hydrogen-bond acceptors (Lipinski definition) is 5. The first-order valence-electron chi connectivity index (χ1n) is 7.00. The highest BCUT2D eigenvalue weighted by atomic mass is 16.5. The van der Waals surface area contributed by atoms with Crippen LogP contribution >= 0.6 is 0 Å². The summed E-state index contributed by atoms with van der Waals surface area (Å²) < 4.78 is 10.9. The third kappa shape index (κ3) is 4.01. The molecule has 1 aromatic carbocycles. The first kappa shape index (κ1) is 15.4. The molecule has 3 N–H and O–H groups in total. The van der Waals surface area contributed by atoms with Crippen LogP contribution in [0.1, 0.15) is 13.8 Å². The molecule has 6 nitrogen and oxygen atoms in total. The number of amides is 1. The van der Waals surface area contributed by atoms with Gasteiger partial charge in [0.15, 0.2) is 0 Å². The third-order valence-corrected chi connectivity index (χ3v) is 3.25. The van der Waals surface area contributed by atoms with Crippen molar-refractivity contribution in [1.29, 1.82) is 0 Å². The lowest BCUT2D eigenvalue weighted by molar-refractivity contribution is -0.120. The predicted molar refractivity (Wildman–Crippen MR) is 82.7 cm³/mol. The molecule has 21 heavy (non-hydrogen) atoms. The van der Waals surface area contributed by atoms with Crippen LogP contribution in [0.4, 0.5) is 11.4 Å². The summed E-state index contributed by atoms with van der Waals surface area (Å²) in [6, 6.07) is 5.50. The van der Waals surface area contributed by atoms with E-state index >= 15 is 0 Å². The lowest BCUT2D eigenvalue weighted by Crippen LogP contribution is -2.50. The van der Waals surface area contributed by atoms with E-state index < -0.39 is 0 Å². The molecule has 0 spiro atoms. The first-order chi connectivity index (χ1) is 9.91. The number of carbonyl (C=O) groups is 1. The van der Waals surface area contributed by atoms with Gasteiger partial charge in [-0.3, -0.25) is 4.79 Å². The Labute approximate surface area is 125 Å². The summed E-state index contributed by atoms with van der Waals surface area (Å²) in [5.74, 6) is 0.684. The zero-order valence-corrected chi connectivity index (χ0v) is 12.8. The second kappa shape index (κ2) is 6.22. The number of ether oxygens (including phenoxy) is 2. The monoisotopic (exact) mass is 293 g/mol. The molecule has 1 heterocycles. The van der Waals surface area contributed by atoms with Crippen LogP contribution in [0, 0.1) is 0 Å². The number of benzene rings is 1. The number of nitrogens with two attached hydrogens (primary N) is 1. The normalized spacial score (nSPS) is 16.0. The van der Waals surface area contributed by atoms with Crippen molar-refractivity contribution < 1.29 is 14.3 Å². The molecule has 1 aliphatic heterocycles. The molecule has 0 radical (unpaired) electrons. The third-order valence-electron chi connectivity index (χ3n) is 3.25. The summed E-state index contributed by atoms with van der Waals surface area (Å²) in [6.45, 7) is 5.93. The van der Waals surface area contributed by atoms with Crippen molar-refractivity contribution >= 4 is 17.3 Å². The van der Waals surface area contributed by atoms with Gasteiger partial charge in [0, 0.05) is 25.4 Å². The Morgan fingerprint density at radius 1 is 1.52 bits per heavy atom. The van der Waals surface area contributed by atoms with Gasteiger partial charge in [-0.05, 0) is 26.0 Å². The number of carbonyl (C=O) groups excluding carboxylic acids is 1. The Morgan fingerprint density at radius 2 is 2.29 bits per heavy atom. The van der Waals surface area contributed by atoms with E-state index in [0.29, 0.717) is 25.4 Å². The molecule has 0 aromatic heterocycles. The van der Waals surface area contributed by atoms with E-state index in [9.17, 15) is 4.79 Å². The number of hydrogen-bond donors (Lipinski definition) is 2. The van der Waals surface area contributed by atoms with Gasteiger partial charge in [-0.25, -0.2) is 0 Å². The van der Waals surface area contributed by atoms with Crippen LogP contribution in [0.2, 0.25) is 0 Å². The topological polar surface area (TPSA) is 76.8 Å². The lowest BCUT2D eigenvalue weighted by Gasteiger charge is -2.40. The van der Waals surface area contributed by atoms with E-state index in [0.717, 1.165) is 11.4 Å². The molecule has 1 aliphatic rings. The first-order valence-corrected chi connectivity index (χ1v) is 7.00. The van der Waals surface area contributed by atoms with Gasteiger partial charge in [0.05, 0.1) is 25.4 Å². The number of anilines is 2. The molecule has 1 amide bonds. The van der Waals surface area contributed by atoms with Crippen LogP contribution in [0.5, 0.6) is 5.75 Å². The van der Waals surface area contributed by atoms with E-state index in [2.05, 4.69) is 5.32 Å². The van der Waals surface area contributed by atoms with E-state index in [4.69, 9.17) is 15.2 Å². The van der Waals surface area contributed by atoms with E-state index in [-0.39, 0.29) is 18.1 Å². The molecular weight excluding hydrogens is 270 g/mol. The second-order valence-corrected chi connectivity index (χ2v) is 5.79. The molecule has 116 valence electrons. The fourth-order valence-electron chi connectivity index (χ4n) is 2.41. The zero-order chi connectivity index (χ0) is 15.5. The number of fused-ring (bicyclic) bond motifs is 1. The molecule has 0 atom stereocenters. The van der Waals surface area contributed by atoms with Gasteiger partial charge in [0.2, 0.25) is 5.91 Å². The highest BCUT2D eigenvalue weighted by Crippen LogP contribution is 2.37. The second-order valence-electron chi connectivity index (χ2n) is 5.79. The standard InChI is InChI=1S/C15H23N3O3/c1-15(2)10-18(9-14(19)17-6-7-20-3)12-5-4-11(16)8-13(12)21-15/h4-5,8H,6-7,9-10,16H2,1-3H3,(H,17,19). The van der Waals surface area contributed by atoms with Crippen molar-refractivity contribution in [2.75, 3.05) is 44.0 Å². The van der Waals surface area contributed by atoms with E-state index in [1.54, 1.807) is 13.2 Å². The van der Waals surface area contributed by atoms with E-state index in [1.807, 2.05) is 30.9 Å². The van der Waals surface area contributed by atoms with Crippen molar-refractivity contribution in [2.45, 2.75) is 19.4 Å².